The number of hydrogen-bond acceptors (Lipinski definition) is 2. The van der Waals surface area contributed by atoms with Crippen LogP contribution in [0.1, 0.15) is 27.2 Å². The van der Waals surface area contributed by atoms with E-state index in [0.29, 0.717) is 12.5 Å². The first-order valence-corrected chi connectivity index (χ1v) is 4.50. The van der Waals surface area contributed by atoms with Crippen molar-refractivity contribution in [3.63, 3.8) is 0 Å². The lowest BCUT2D eigenvalue weighted by Crippen LogP contribution is -2.40. The molecule has 0 aromatic carbocycles. The van der Waals surface area contributed by atoms with Gasteiger partial charge in [0.15, 0.2) is 0 Å². The Balaban J connectivity index is 2.58. The average Bonchev–Trinajstić information content (AvgIpc) is 2.11. The molecule has 0 saturated carbocycles. The van der Waals surface area contributed by atoms with Gasteiger partial charge < -0.3 is 10.6 Å². The molecule has 1 amide bonds. The van der Waals surface area contributed by atoms with Gasteiger partial charge in [-0.05, 0) is 5.41 Å². The van der Waals surface area contributed by atoms with Crippen LogP contribution in [0.25, 0.3) is 0 Å². The fourth-order valence-corrected chi connectivity index (χ4v) is 1.39. The van der Waals surface area contributed by atoms with Gasteiger partial charge in [-0.2, -0.15) is 0 Å². The molecular formula is C9H18N2O. The van der Waals surface area contributed by atoms with Gasteiger partial charge in [-0.3, -0.25) is 4.79 Å². The van der Waals surface area contributed by atoms with E-state index in [9.17, 15) is 4.79 Å². The fourth-order valence-electron chi connectivity index (χ4n) is 1.39. The number of hydrogen-bond donors (Lipinski definition) is 2. The predicted octanol–water partition coefficient (Wildman–Crippen LogP) is 0.511. The Bertz CT molecular complexity index is 172. The molecule has 3 nitrogen and oxygen atoms in total. The lowest BCUT2D eigenvalue weighted by Gasteiger charge is -2.29. The molecule has 0 aliphatic carbocycles. The molecule has 2 N–H and O–H groups in total. The maximum Gasteiger partial charge on any atom is 0.221 e. The van der Waals surface area contributed by atoms with Crippen molar-refractivity contribution in [2.24, 2.45) is 5.41 Å². The zero-order chi connectivity index (χ0) is 9.19. The normalized spacial score (nSPS) is 26.2. The van der Waals surface area contributed by atoms with Crippen LogP contribution in [0, 0.1) is 5.41 Å². The third kappa shape index (κ3) is 2.48. The minimum absolute atomic E-state index is 0.167. The highest BCUT2D eigenvalue weighted by molar-refractivity contribution is 5.76. The van der Waals surface area contributed by atoms with Crippen molar-refractivity contribution in [2.75, 3.05) is 13.1 Å². The smallest absolute Gasteiger partial charge is 0.221 e. The Hall–Kier alpha value is -0.570. The van der Waals surface area contributed by atoms with Gasteiger partial charge in [0.1, 0.15) is 0 Å². The summed E-state index contributed by atoms with van der Waals surface area (Å²) in [7, 11) is 0. The third-order valence-corrected chi connectivity index (χ3v) is 2.27. The maximum atomic E-state index is 11.2. The molecule has 1 fully saturated rings. The summed E-state index contributed by atoms with van der Waals surface area (Å²) in [6, 6.07) is 0.306. The van der Waals surface area contributed by atoms with Crippen molar-refractivity contribution in [1.29, 1.82) is 0 Å². The van der Waals surface area contributed by atoms with Crippen LogP contribution in [-0.4, -0.2) is 25.0 Å². The summed E-state index contributed by atoms with van der Waals surface area (Å²) in [5, 5.41) is 6.21. The first-order chi connectivity index (χ1) is 5.50. The van der Waals surface area contributed by atoms with E-state index in [-0.39, 0.29) is 11.3 Å². The van der Waals surface area contributed by atoms with Gasteiger partial charge in [0.25, 0.3) is 0 Å². The average molecular weight is 170 g/mol. The monoisotopic (exact) mass is 170 g/mol. The summed E-state index contributed by atoms with van der Waals surface area (Å²) in [5.41, 5.74) is 0.168. The number of carbonyl (C=O) groups is 1. The molecule has 1 aliphatic heterocycles. The van der Waals surface area contributed by atoms with Crippen molar-refractivity contribution < 1.29 is 4.79 Å². The van der Waals surface area contributed by atoms with Crippen LogP contribution in [0.15, 0.2) is 0 Å². The van der Waals surface area contributed by atoms with Gasteiger partial charge in [0, 0.05) is 25.6 Å². The van der Waals surface area contributed by atoms with Gasteiger partial charge in [0.2, 0.25) is 5.91 Å². The Morgan fingerprint density at radius 1 is 1.33 bits per heavy atom. The second-order valence-corrected chi connectivity index (χ2v) is 4.43. The van der Waals surface area contributed by atoms with E-state index in [4.69, 9.17) is 0 Å². The molecule has 1 saturated heterocycles. The van der Waals surface area contributed by atoms with Crippen molar-refractivity contribution in [1.82, 2.24) is 10.6 Å². The minimum Gasteiger partial charge on any atom is -0.355 e. The van der Waals surface area contributed by atoms with Crippen LogP contribution in [0.5, 0.6) is 0 Å². The molecule has 70 valence electrons. The van der Waals surface area contributed by atoms with Gasteiger partial charge in [-0.1, -0.05) is 20.8 Å². The van der Waals surface area contributed by atoms with E-state index in [1.165, 1.54) is 0 Å². The lowest BCUT2D eigenvalue weighted by atomic mass is 9.85. The number of amides is 1. The Kier molecular flexibility index (Phi) is 2.73. The summed E-state index contributed by atoms with van der Waals surface area (Å²) in [5.74, 6) is 0.167. The zero-order valence-electron chi connectivity index (χ0n) is 8.11. The predicted molar refractivity (Wildman–Crippen MR) is 48.9 cm³/mol. The van der Waals surface area contributed by atoms with E-state index in [2.05, 4.69) is 31.4 Å². The number of carbonyl (C=O) groups excluding carboxylic acids is 1. The van der Waals surface area contributed by atoms with E-state index < -0.39 is 0 Å². The van der Waals surface area contributed by atoms with Gasteiger partial charge >= 0.3 is 0 Å². The quantitative estimate of drug-likeness (QED) is 0.556. The highest BCUT2D eigenvalue weighted by atomic mass is 16.1. The summed E-state index contributed by atoms with van der Waals surface area (Å²) in [6.45, 7) is 8.11. The highest BCUT2D eigenvalue weighted by Gasteiger charge is 2.27. The molecule has 0 aromatic rings. The maximum absolute atomic E-state index is 11.2. The van der Waals surface area contributed by atoms with Crippen LogP contribution in [-0.2, 0) is 4.79 Å². The van der Waals surface area contributed by atoms with E-state index in [1.54, 1.807) is 0 Å². The van der Waals surface area contributed by atoms with Gasteiger partial charge in [0.05, 0.1) is 0 Å². The van der Waals surface area contributed by atoms with Crippen LogP contribution in [0.2, 0.25) is 0 Å². The first kappa shape index (κ1) is 9.52. The summed E-state index contributed by atoms with van der Waals surface area (Å²) >= 11 is 0. The van der Waals surface area contributed by atoms with E-state index >= 15 is 0 Å². The lowest BCUT2D eigenvalue weighted by molar-refractivity contribution is -0.121. The second-order valence-electron chi connectivity index (χ2n) is 4.43. The molecule has 0 aromatic heterocycles. The number of rotatable bonds is 0. The second kappa shape index (κ2) is 3.44. The molecule has 1 heterocycles. The molecule has 1 atom stereocenters. The van der Waals surface area contributed by atoms with Crippen LogP contribution in [0.4, 0.5) is 0 Å². The van der Waals surface area contributed by atoms with Crippen LogP contribution >= 0.6 is 0 Å². The summed E-state index contributed by atoms with van der Waals surface area (Å²) in [4.78, 5) is 11.2. The SMILES string of the molecule is CC(C)(C)C1CC(=O)NCCN1. The van der Waals surface area contributed by atoms with Crippen LogP contribution < -0.4 is 10.6 Å². The van der Waals surface area contributed by atoms with Crippen molar-refractivity contribution in [3.8, 4) is 0 Å². The van der Waals surface area contributed by atoms with Crippen molar-refractivity contribution >= 4 is 5.91 Å². The van der Waals surface area contributed by atoms with E-state index in [0.717, 1.165) is 13.1 Å². The molecule has 0 bridgehead atoms. The highest BCUT2D eigenvalue weighted by Crippen LogP contribution is 2.22. The molecule has 12 heavy (non-hydrogen) atoms. The molecule has 0 spiro atoms. The van der Waals surface area contributed by atoms with Crippen molar-refractivity contribution in [3.05, 3.63) is 0 Å². The molecule has 0 radical (unpaired) electrons. The first-order valence-electron chi connectivity index (χ1n) is 4.50. The topological polar surface area (TPSA) is 41.1 Å². The molecular weight excluding hydrogens is 152 g/mol. The standard InChI is InChI=1S/C9H18N2O/c1-9(2,3)7-6-8(12)11-5-4-10-7/h7,10H,4-6H2,1-3H3,(H,11,12). The van der Waals surface area contributed by atoms with Crippen LogP contribution in [0.3, 0.4) is 0 Å². The summed E-state index contributed by atoms with van der Waals surface area (Å²) < 4.78 is 0. The van der Waals surface area contributed by atoms with Crippen molar-refractivity contribution in [2.45, 2.75) is 33.2 Å². The Morgan fingerprint density at radius 3 is 2.58 bits per heavy atom. The fraction of sp³-hybridized carbons (Fsp3) is 0.889. The third-order valence-electron chi connectivity index (χ3n) is 2.27. The number of nitrogens with one attached hydrogen (secondary N) is 2. The molecule has 1 rings (SSSR count). The van der Waals surface area contributed by atoms with Gasteiger partial charge in [-0.15, -0.1) is 0 Å². The largest absolute Gasteiger partial charge is 0.355 e. The minimum atomic E-state index is 0.167. The molecule has 3 heteroatoms. The van der Waals surface area contributed by atoms with E-state index in [1.807, 2.05) is 0 Å². The summed E-state index contributed by atoms with van der Waals surface area (Å²) in [6.07, 6.45) is 0.601. The van der Waals surface area contributed by atoms with Gasteiger partial charge in [-0.25, -0.2) is 0 Å². The molecule has 1 aliphatic rings. The zero-order valence-corrected chi connectivity index (χ0v) is 8.11. The molecule has 1 unspecified atom stereocenters. The Labute approximate surface area is 73.9 Å². The Morgan fingerprint density at radius 2 is 2.00 bits per heavy atom.